The molecule has 0 bridgehead atoms. The van der Waals surface area contributed by atoms with Gasteiger partial charge in [0, 0.05) is 11.4 Å². The van der Waals surface area contributed by atoms with Crippen molar-refractivity contribution in [3.05, 3.63) is 111 Å². The van der Waals surface area contributed by atoms with Gasteiger partial charge in [0.1, 0.15) is 5.82 Å². The highest BCUT2D eigenvalue weighted by Gasteiger charge is 2.12. The van der Waals surface area contributed by atoms with E-state index in [0.29, 0.717) is 23.4 Å². The zero-order valence-corrected chi connectivity index (χ0v) is 14.9. The maximum Gasteiger partial charge on any atom is 0.261 e. The summed E-state index contributed by atoms with van der Waals surface area (Å²) in [6, 6.07) is 25.1. The summed E-state index contributed by atoms with van der Waals surface area (Å²) in [6.45, 7) is 0.468. The number of fused-ring (bicyclic) bond motifs is 1. The highest BCUT2D eigenvalue weighted by atomic mass is 35.5. The Bertz CT molecular complexity index is 1100. The summed E-state index contributed by atoms with van der Waals surface area (Å²) in [6.07, 6.45) is 0.606. The van der Waals surface area contributed by atoms with Gasteiger partial charge in [-0.15, -0.1) is 0 Å². The molecule has 4 heteroatoms. The van der Waals surface area contributed by atoms with E-state index in [0.717, 1.165) is 22.5 Å². The topological polar surface area (TPSA) is 34.9 Å². The van der Waals surface area contributed by atoms with Gasteiger partial charge in [0.05, 0.1) is 17.4 Å². The molecule has 0 saturated heterocycles. The summed E-state index contributed by atoms with van der Waals surface area (Å²) in [5, 5.41) is 1.32. The standard InChI is InChI=1S/C22H17ClN2O/c23-18-12-10-17(11-13-18)15-25-21(14-16-6-2-1-3-7-16)24-20-9-5-4-8-19(20)22(25)26/h1-13H,14-15H2. The molecular formula is C22H17ClN2O. The fourth-order valence-corrected chi connectivity index (χ4v) is 3.19. The summed E-state index contributed by atoms with van der Waals surface area (Å²) < 4.78 is 1.76. The lowest BCUT2D eigenvalue weighted by molar-refractivity contribution is 0.694. The number of benzene rings is 3. The molecule has 0 amide bonds. The van der Waals surface area contributed by atoms with E-state index in [-0.39, 0.29) is 5.56 Å². The van der Waals surface area contributed by atoms with Gasteiger partial charge >= 0.3 is 0 Å². The molecule has 0 spiro atoms. The van der Waals surface area contributed by atoms with Crippen LogP contribution in [0.1, 0.15) is 17.0 Å². The van der Waals surface area contributed by atoms with E-state index >= 15 is 0 Å². The molecular weight excluding hydrogens is 344 g/mol. The molecule has 26 heavy (non-hydrogen) atoms. The van der Waals surface area contributed by atoms with Crippen molar-refractivity contribution in [2.45, 2.75) is 13.0 Å². The van der Waals surface area contributed by atoms with Crippen LogP contribution in [0.25, 0.3) is 10.9 Å². The minimum Gasteiger partial charge on any atom is -0.291 e. The van der Waals surface area contributed by atoms with Crippen LogP contribution >= 0.6 is 11.6 Å². The highest BCUT2D eigenvalue weighted by Crippen LogP contribution is 2.15. The molecule has 1 heterocycles. The van der Waals surface area contributed by atoms with Crippen molar-refractivity contribution in [3.63, 3.8) is 0 Å². The lowest BCUT2D eigenvalue weighted by atomic mass is 10.1. The molecule has 0 aliphatic heterocycles. The van der Waals surface area contributed by atoms with Gasteiger partial charge in [-0.25, -0.2) is 4.98 Å². The van der Waals surface area contributed by atoms with Crippen molar-refractivity contribution < 1.29 is 0 Å². The fraction of sp³-hybridized carbons (Fsp3) is 0.0909. The maximum atomic E-state index is 13.1. The van der Waals surface area contributed by atoms with Crippen LogP contribution in [-0.4, -0.2) is 9.55 Å². The molecule has 0 fully saturated rings. The van der Waals surface area contributed by atoms with Gasteiger partial charge in [0.15, 0.2) is 0 Å². The SMILES string of the molecule is O=c1c2ccccc2nc(Cc2ccccc2)n1Cc1ccc(Cl)cc1. The zero-order chi connectivity index (χ0) is 17.9. The number of aromatic nitrogens is 2. The normalized spacial score (nSPS) is 11.0. The maximum absolute atomic E-state index is 13.1. The van der Waals surface area contributed by atoms with E-state index in [4.69, 9.17) is 16.6 Å². The molecule has 0 N–H and O–H groups in total. The van der Waals surface area contributed by atoms with Crippen molar-refractivity contribution in [3.8, 4) is 0 Å². The molecule has 3 aromatic carbocycles. The van der Waals surface area contributed by atoms with E-state index in [1.165, 1.54) is 0 Å². The molecule has 128 valence electrons. The smallest absolute Gasteiger partial charge is 0.261 e. The number of hydrogen-bond donors (Lipinski definition) is 0. The van der Waals surface area contributed by atoms with Crippen LogP contribution in [-0.2, 0) is 13.0 Å². The first-order chi connectivity index (χ1) is 12.7. The van der Waals surface area contributed by atoms with Crippen LogP contribution in [0.3, 0.4) is 0 Å². The summed E-state index contributed by atoms with van der Waals surface area (Å²) in [5.41, 5.74) is 2.86. The molecule has 4 aromatic rings. The molecule has 4 rings (SSSR count). The van der Waals surface area contributed by atoms with Gasteiger partial charge in [-0.1, -0.05) is 66.2 Å². The molecule has 0 aliphatic carbocycles. The Morgan fingerprint density at radius 1 is 0.808 bits per heavy atom. The molecule has 0 aliphatic rings. The van der Waals surface area contributed by atoms with Crippen LogP contribution < -0.4 is 5.56 Å². The van der Waals surface area contributed by atoms with E-state index in [1.54, 1.807) is 4.57 Å². The van der Waals surface area contributed by atoms with Gasteiger partial charge < -0.3 is 0 Å². The first-order valence-electron chi connectivity index (χ1n) is 8.47. The lowest BCUT2D eigenvalue weighted by Crippen LogP contribution is -2.26. The summed E-state index contributed by atoms with van der Waals surface area (Å²) >= 11 is 5.98. The van der Waals surface area contributed by atoms with Gasteiger partial charge in [-0.3, -0.25) is 9.36 Å². The van der Waals surface area contributed by atoms with Crippen molar-refractivity contribution in [1.82, 2.24) is 9.55 Å². The van der Waals surface area contributed by atoms with Crippen molar-refractivity contribution in [2.75, 3.05) is 0 Å². The average Bonchev–Trinajstić information content (AvgIpc) is 2.67. The van der Waals surface area contributed by atoms with E-state index in [9.17, 15) is 4.79 Å². The first kappa shape index (κ1) is 16.6. The molecule has 0 unspecified atom stereocenters. The Morgan fingerprint density at radius 2 is 1.50 bits per heavy atom. The third-order valence-electron chi connectivity index (χ3n) is 4.40. The summed E-state index contributed by atoms with van der Waals surface area (Å²) in [5.74, 6) is 0.759. The number of rotatable bonds is 4. The summed E-state index contributed by atoms with van der Waals surface area (Å²) in [7, 11) is 0. The largest absolute Gasteiger partial charge is 0.291 e. The van der Waals surface area contributed by atoms with Crippen molar-refractivity contribution in [2.24, 2.45) is 0 Å². The van der Waals surface area contributed by atoms with E-state index in [1.807, 2.05) is 78.9 Å². The Kier molecular flexibility index (Phi) is 4.55. The number of hydrogen-bond acceptors (Lipinski definition) is 2. The third kappa shape index (κ3) is 3.39. The second-order valence-corrected chi connectivity index (χ2v) is 6.66. The van der Waals surface area contributed by atoms with Crippen LogP contribution in [0.4, 0.5) is 0 Å². The van der Waals surface area contributed by atoms with Crippen LogP contribution in [0, 0.1) is 0 Å². The highest BCUT2D eigenvalue weighted by molar-refractivity contribution is 6.30. The molecule has 1 aromatic heterocycles. The predicted molar refractivity (Wildman–Crippen MR) is 106 cm³/mol. The number of halogens is 1. The predicted octanol–water partition coefficient (Wildman–Crippen LogP) is 4.69. The Balaban J connectivity index is 1.84. The molecule has 0 radical (unpaired) electrons. The molecule has 0 atom stereocenters. The fourth-order valence-electron chi connectivity index (χ4n) is 3.06. The Morgan fingerprint density at radius 3 is 2.27 bits per heavy atom. The van der Waals surface area contributed by atoms with Gasteiger partial charge in [-0.2, -0.15) is 0 Å². The number of nitrogens with zero attached hydrogens (tertiary/aromatic N) is 2. The third-order valence-corrected chi connectivity index (χ3v) is 4.65. The first-order valence-corrected chi connectivity index (χ1v) is 8.85. The second-order valence-electron chi connectivity index (χ2n) is 6.23. The van der Waals surface area contributed by atoms with E-state index < -0.39 is 0 Å². The van der Waals surface area contributed by atoms with Crippen molar-refractivity contribution >= 4 is 22.5 Å². The van der Waals surface area contributed by atoms with Crippen LogP contribution in [0.15, 0.2) is 83.7 Å². The summed E-state index contributed by atoms with van der Waals surface area (Å²) in [4.78, 5) is 17.9. The quantitative estimate of drug-likeness (QED) is 0.529. The average molecular weight is 361 g/mol. The molecule has 3 nitrogen and oxygen atoms in total. The minimum atomic E-state index is -0.0171. The number of para-hydroxylation sites is 1. The van der Waals surface area contributed by atoms with Crippen LogP contribution in [0.5, 0.6) is 0 Å². The van der Waals surface area contributed by atoms with Crippen LogP contribution in [0.2, 0.25) is 5.02 Å². The van der Waals surface area contributed by atoms with Gasteiger partial charge in [0.25, 0.3) is 5.56 Å². The molecule has 0 saturated carbocycles. The van der Waals surface area contributed by atoms with Gasteiger partial charge in [0.2, 0.25) is 0 Å². The minimum absolute atomic E-state index is 0.0171. The van der Waals surface area contributed by atoms with Gasteiger partial charge in [-0.05, 0) is 35.4 Å². The van der Waals surface area contributed by atoms with E-state index in [2.05, 4.69) is 0 Å². The van der Waals surface area contributed by atoms with Crippen molar-refractivity contribution in [1.29, 1.82) is 0 Å². The second kappa shape index (κ2) is 7.14. The lowest BCUT2D eigenvalue weighted by Gasteiger charge is -2.14. The Hall–Kier alpha value is -2.91. The zero-order valence-electron chi connectivity index (χ0n) is 14.1. The monoisotopic (exact) mass is 360 g/mol. The Labute approximate surface area is 156 Å².